The lowest BCUT2D eigenvalue weighted by atomic mass is 10.0. The van der Waals surface area contributed by atoms with Crippen LogP contribution in [-0.2, 0) is 6.42 Å². The lowest BCUT2D eigenvalue weighted by Crippen LogP contribution is -2.19. The summed E-state index contributed by atoms with van der Waals surface area (Å²) in [6, 6.07) is 4.72. The summed E-state index contributed by atoms with van der Waals surface area (Å²) in [5.41, 5.74) is 1.14. The van der Waals surface area contributed by atoms with Gasteiger partial charge in [0.2, 0.25) is 0 Å². The highest BCUT2D eigenvalue weighted by Gasteiger charge is 2.10. The Kier molecular flexibility index (Phi) is 4.28. The van der Waals surface area contributed by atoms with Gasteiger partial charge in [-0.15, -0.1) is 0 Å². The second-order valence-corrected chi connectivity index (χ2v) is 3.50. The third-order valence-corrected chi connectivity index (χ3v) is 2.32. The quantitative estimate of drug-likeness (QED) is 0.811. The molecule has 1 N–H and O–H groups in total. The van der Waals surface area contributed by atoms with Gasteiger partial charge in [-0.05, 0) is 30.5 Å². The van der Waals surface area contributed by atoms with Crippen molar-refractivity contribution in [1.29, 1.82) is 0 Å². The van der Waals surface area contributed by atoms with E-state index < -0.39 is 5.82 Å². The van der Waals surface area contributed by atoms with Crippen molar-refractivity contribution >= 4 is 5.91 Å². The second kappa shape index (κ2) is 5.49. The van der Waals surface area contributed by atoms with Crippen molar-refractivity contribution < 1.29 is 9.18 Å². The fourth-order valence-electron chi connectivity index (χ4n) is 1.42. The maximum Gasteiger partial charge on any atom is 0.254 e. The molecule has 0 heterocycles. The van der Waals surface area contributed by atoms with E-state index in [2.05, 4.69) is 12.2 Å². The van der Waals surface area contributed by atoms with Crippen LogP contribution in [0.2, 0.25) is 0 Å². The number of benzene rings is 1. The van der Waals surface area contributed by atoms with Gasteiger partial charge in [-0.1, -0.05) is 19.4 Å². The van der Waals surface area contributed by atoms with E-state index in [4.69, 9.17) is 0 Å². The summed E-state index contributed by atoms with van der Waals surface area (Å²) >= 11 is 0. The van der Waals surface area contributed by atoms with E-state index in [0.717, 1.165) is 24.8 Å². The second-order valence-electron chi connectivity index (χ2n) is 3.50. The molecule has 2 nitrogen and oxygen atoms in total. The molecule has 0 fully saturated rings. The molecule has 0 radical (unpaired) electrons. The van der Waals surface area contributed by atoms with Gasteiger partial charge in [0, 0.05) is 7.05 Å². The highest BCUT2D eigenvalue weighted by molar-refractivity contribution is 5.94. The summed E-state index contributed by atoms with van der Waals surface area (Å²) in [4.78, 5) is 11.3. The van der Waals surface area contributed by atoms with Crippen molar-refractivity contribution in [2.75, 3.05) is 7.05 Å². The molecule has 1 amide bonds. The molecule has 0 atom stereocenters. The molecule has 1 aromatic carbocycles. The van der Waals surface area contributed by atoms with Crippen molar-refractivity contribution in [1.82, 2.24) is 5.32 Å². The smallest absolute Gasteiger partial charge is 0.254 e. The van der Waals surface area contributed by atoms with Gasteiger partial charge in [0.25, 0.3) is 5.91 Å². The minimum Gasteiger partial charge on any atom is -0.355 e. The Balaban J connectivity index is 2.89. The van der Waals surface area contributed by atoms with Crippen molar-refractivity contribution in [2.24, 2.45) is 0 Å². The summed E-state index contributed by atoms with van der Waals surface area (Å²) in [7, 11) is 1.50. The average molecular weight is 209 g/mol. The number of carbonyl (C=O) groups excluding carboxylic acids is 1. The molecule has 1 rings (SSSR count). The molecule has 3 heteroatoms. The first-order valence-corrected chi connectivity index (χ1v) is 5.19. The van der Waals surface area contributed by atoms with E-state index in [1.165, 1.54) is 13.1 Å². The lowest BCUT2D eigenvalue weighted by molar-refractivity contribution is 0.0959. The first kappa shape index (κ1) is 11.7. The molecule has 15 heavy (non-hydrogen) atoms. The molecule has 0 aliphatic carbocycles. The molecule has 1 aromatic rings. The molecule has 0 spiro atoms. The number of amides is 1. The van der Waals surface area contributed by atoms with Crippen LogP contribution in [0, 0.1) is 5.82 Å². The number of hydrogen-bond donors (Lipinski definition) is 1. The SMILES string of the molecule is CCCCc1ccc(F)c(C(=O)NC)c1. The first-order valence-electron chi connectivity index (χ1n) is 5.19. The van der Waals surface area contributed by atoms with E-state index in [0.29, 0.717) is 0 Å². The summed E-state index contributed by atoms with van der Waals surface area (Å²) in [6.07, 6.45) is 3.03. The van der Waals surface area contributed by atoms with Crippen LogP contribution < -0.4 is 5.32 Å². The normalized spacial score (nSPS) is 10.1. The number of rotatable bonds is 4. The number of carbonyl (C=O) groups is 1. The molecule has 0 saturated heterocycles. The monoisotopic (exact) mass is 209 g/mol. The van der Waals surface area contributed by atoms with Crippen LogP contribution in [0.1, 0.15) is 35.7 Å². The molecule has 82 valence electrons. The largest absolute Gasteiger partial charge is 0.355 e. The van der Waals surface area contributed by atoms with Gasteiger partial charge in [0.1, 0.15) is 5.82 Å². The zero-order valence-electron chi connectivity index (χ0n) is 9.14. The van der Waals surface area contributed by atoms with Crippen LogP contribution in [0.4, 0.5) is 4.39 Å². The summed E-state index contributed by atoms with van der Waals surface area (Å²) in [5, 5.41) is 2.43. The first-order chi connectivity index (χ1) is 7.19. The van der Waals surface area contributed by atoms with Crippen molar-refractivity contribution in [3.8, 4) is 0 Å². The minimum absolute atomic E-state index is 0.131. The molecular weight excluding hydrogens is 193 g/mol. The highest BCUT2D eigenvalue weighted by atomic mass is 19.1. The van der Waals surface area contributed by atoms with Crippen LogP contribution in [0.3, 0.4) is 0 Å². The van der Waals surface area contributed by atoms with E-state index in [1.54, 1.807) is 12.1 Å². The molecule has 0 aliphatic rings. The molecular formula is C12H16FNO. The van der Waals surface area contributed by atoms with E-state index in [-0.39, 0.29) is 11.5 Å². The summed E-state index contributed by atoms with van der Waals surface area (Å²) in [6.45, 7) is 2.10. The van der Waals surface area contributed by atoms with Crippen molar-refractivity contribution in [2.45, 2.75) is 26.2 Å². The van der Waals surface area contributed by atoms with Crippen LogP contribution in [-0.4, -0.2) is 13.0 Å². The van der Waals surface area contributed by atoms with Gasteiger partial charge >= 0.3 is 0 Å². The van der Waals surface area contributed by atoms with Gasteiger partial charge in [-0.2, -0.15) is 0 Å². The predicted octanol–water partition coefficient (Wildman–Crippen LogP) is 2.53. The number of hydrogen-bond acceptors (Lipinski definition) is 1. The van der Waals surface area contributed by atoms with E-state index in [1.807, 2.05) is 0 Å². The molecule has 0 unspecified atom stereocenters. The fraction of sp³-hybridized carbons (Fsp3) is 0.417. The predicted molar refractivity (Wildman–Crippen MR) is 58.4 cm³/mol. The number of nitrogens with one attached hydrogen (secondary N) is 1. The zero-order chi connectivity index (χ0) is 11.3. The van der Waals surface area contributed by atoms with Crippen LogP contribution in [0.15, 0.2) is 18.2 Å². The average Bonchev–Trinajstić information content (AvgIpc) is 2.27. The molecule has 0 bridgehead atoms. The van der Waals surface area contributed by atoms with Gasteiger partial charge in [-0.3, -0.25) is 4.79 Å². The van der Waals surface area contributed by atoms with Crippen LogP contribution in [0.5, 0.6) is 0 Å². The number of aryl methyl sites for hydroxylation is 1. The summed E-state index contributed by atoms with van der Waals surface area (Å²) in [5.74, 6) is -0.833. The summed E-state index contributed by atoms with van der Waals surface area (Å²) < 4.78 is 13.3. The lowest BCUT2D eigenvalue weighted by Gasteiger charge is -2.05. The topological polar surface area (TPSA) is 29.1 Å². The minimum atomic E-state index is -0.463. The van der Waals surface area contributed by atoms with Crippen LogP contribution in [0.25, 0.3) is 0 Å². The van der Waals surface area contributed by atoms with Gasteiger partial charge in [0.15, 0.2) is 0 Å². The maximum atomic E-state index is 13.3. The standard InChI is InChI=1S/C12H16FNO/c1-3-4-5-9-6-7-11(13)10(8-9)12(15)14-2/h6-8H,3-5H2,1-2H3,(H,14,15). The Morgan fingerprint density at radius 3 is 2.80 bits per heavy atom. The van der Waals surface area contributed by atoms with Gasteiger partial charge in [-0.25, -0.2) is 4.39 Å². The molecule has 0 aliphatic heterocycles. The van der Waals surface area contributed by atoms with Gasteiger partial charge < -0.3 is 5.32 Å². The Labute approximate surface area is 89.5 Å². The van der Waals surface area contributed by atoms with Crippen molar-refractivity contribution in [3.05, 3.63) is 35.1 Å². The van der Waals surface area contributed by atoms with Crippen LogP contribution >= 0.6 is 0 Å². The zero-order valence-corrected chi connectivity index (χ0v) is 9.14. The van der Waals surface area contributed by atoms with E-state index in [9.17, 15) is 9.18 Å². The Bertz CT molecular complexity index is 349. The third kappa shape index (κ3) is 3.05. The fourth-order valence-corrected chi connectivity index (χ4v) is 1.42. The molecule has 0 saturated carbocycles. The highest BCUT2D eigenvalue weighted by Crippen LogP contribution is 2.12. The Hall–Kier alpha value is -1.38. The molecule has 0 aromatic heterocycles. The Morgan fingerprint density at radius 1 is 1.47 bits per heavy atom. The Morgan fingerprint density at radius 2 is 2.20 bits per heavy atom. The van der Waals surface area contributed by atoms with Gasteiger partial charge in [0.05, 0.1) is 5.56 Å². The van der Waals surface area contributed by atoms with E-state index >= 15 is 0 Å². The number of unbranched alkanes of at least 4 members (excludes halogenated alkanes) is 1. The third-order valence-electron chi connectivity index (χ3n) is 2.32. The van der Waals surface area contributed by atoms with Crippen molar-refractivity contribution in [3.63, 3.8) is 0 Å². The number of halogens is 1. The maximum absolute atomic E-state index is 13.3.